The van der Waals surface area contributed by atoms with Crippen molar-refractivity contribution in [2.75, 3.05) is 13.1 Å². The summed E-state index contributed by atoms with van der Waals surface area (Å²) >= 11 is 1.34. The minimum Gasteiger partial charge on any atom is -0.481 e. The number of aromatic nitrogens is 1. The number of carboxylic acids is 1. The summed E-state index contributed by atoms with van der Waals surface area (Å²) in [7, 11) is 0. The van der Waals surface area contributed by atoms with Crippen LogP contribution in [-0.2, 0) is 11.3 Å². The second kappa shape index (κ2) is 11.0. The lowest BCUT2D eigenvalue weighted by atomic mass is 9.65. The first kappa shape index (κ1) is 27.0. The zero-order valence-electron chi connectivity index (χ0n) is 20.7. The number of halogens is 2. The summed E-state index contributed by atoms with van der Waals surface area (Å²) in [6.07, 6.45) is 4.69. The lowest BCUT2D eigenvalue weighted by molar-refractivity contribution is -0.157. The quantitative estimate of drug-likeness (QED) is 0.424. The van der Waals surface area contributed by atoms with Gasteiger partial charge < -0.3 is 9.84 Å². The third-order valence-corrected chi connectivity index (χ3v) is 7.85. The number of thiazole rings is 1. The second-order valence-electron chi connectivity index (χ2n) is 10.4. The highest BCUT2D eigenvalue weighted by molar-refractivity contribution is 7.15. The number of nitrogens with zero attached hydrogens (tertiary/aromatic N) is 3. The van der Waals surface area contributed by atoms with Crippen molar-refractivity contribution in [3.8, 4) is 22.3 Å². The number of likely N-dealkylation sites (tertiary alicyclic amines) is 1. The first-order valence-electron chi connectivity index (χ1n) is 11.9. The van der Waals surface area contributed by atoms with Crippen molar-refractivity contribution >= 4 is 17.3 Å². The Kier molecular flexibility index (Phi) is 8.50. The number of carbonyl (C=O) groups is 1. The van der Waals surface area contributed by atoms with Gasteiger partial charge in [-0.2, -0.15) is 14.0 Å². The standard InChI is InChI=1S/C26H33F2N3O3S/c1-5-6-9-26(23(32)33)11-18(25(2,3)4)14-31(16-26)15-22-30-13-21(35-22)19-10-17(12-29)7-8-20(19)34-24(27)28/h7-8,10,13,18,24H,5-6,9,11,14-16H2,1-4H3,(H,32,33)/t18-,26-/m1/s1. The van der Waals surface area contributed by atoms with Crippen molar-refractivity contribution in [2.45, 2.75) is 66.5 Å². The maximum atomic E-state index is 12.9. The molecular weight excluding hydrogens is 472 g/mol. The Balaban J connectivity index is 1.89. The van der Waals surface area contributed by atoms with Gasteiger partial charge in [-0.15, -0.1) is 11.3 Å². The van der Waals surface area contributed by atoms with E-state index in [0.29, 0.717) is 41.9 Å². The monoisotopic (exact) mass is 505 g/mol. The van der Waals surface area contributed by atoms with Gasteiger partial charge >= 0.3 is 12.6 Å². The fraction of sp³-hybridized carbons (Fsp3) is 0.577. The Morgan fingerprint density at radius 1 is 1.43 bits per heavy atom. The van der Waals surface area contributed by atoms with Crippen LogP contribution in [0.4, 0.5) is 8.78 Å². The number of benzene rings is 1. The van der Waals surface area contributed by atoms with Gasteiger partial charge in [-0.1, -0.05) is 40.5 Å². The number of hydrogen-bond donors (Lipinski definition) is 1. The number of piperidine rings is 1. The Morgan fingerprint density at radius 2 is 2.17 bits per heavy atom. The number of alkyl halides is 2. The number of carboxylic acid groups (broad SMARTS) is 1. The van der Waals surface area contributed by atoms with E-state index in [2.05, 4.69) is 42.3 Å². The van der Waals surface area contributed by atoms with Crippen LogP contribution in [0.2, 0.25) is 0 Å². The molecule has 2 heterocycles. The molecule has 9 heteroatoms. The maximum absolute atomic E-state index is 12.9. The number of rotatable bonds is 9. The zero-order valence-corrected chi connectivity index (χ0v) is 21.5. The zero-order chi connectivity index (χ0) is 25.8. The van der Waals surface area contributed by atoms with Crippen LogP contribution in [0.3, 0.4) is 0 Å². The van der Waals surface area contributed by atoms with Gasteiger partial charge in [0, 0.05) is 24.8 Å². The summed E-state index contributed by atoms with van der Waals surface area (Å²) in [6.45, 7) is 7.25. The van der Waals surface area contributed by atoms with Crippen LogP contribution in [0.15, 0.2) is 24.4 Å². The molecule has 0 bridgehead atoms. The van der Waals surface area contributed by atoms with Gasteiger partial charge in [0.2, 0.25) is 0 Å². The lowest BCUT2D eigenvalue weighted by Gasteiger charge is -2.48. The molecule has 1 aliphatic rings. The van der Waals surface area contributed by atoms with Crippen LogP contribution >= 0.6 is 11.3 Å². The van der Waals surface area contributed by atoms with E-state index in [9.17, 15) is 23.9 Å². The summed E-state index contributed by atoms with van der Waals surface area (Å²) < 4.78 is 30.5. The molecule has 1 saturated heterocycles. The van der Waals surface area contributed by atoms with Gasteiger partial charge in [0.05, 0.1) is 28.5 Å². The topological polar surface area (TPSA) is 86.5 Å². The van der Waals surface area contributed by atoms with Crippen LogP contribution < -0.4 is 4.74 Å². The number of ether oxygens (including phenoxy) is 1. The smallest absolute Gasteiger partial charge is 0.387 e. The van der Waals surface area contributed by atoms with E-state index in [1.807, 2.05) is 6.07 Å². The van der Waals surface area contributed by atoms with Gasteiger partial charge in [0.15, 0.2) is 0 Å². The van der Waals surface area contributed by atoms with Crippen molar-refractivity contribution in [1.29, 1.82) is 5.26 Å². The largest absolute Gasteiger partial charge is 0.481 e. The van der Waals surface area contributed by atoms with Crippen LogP contribution in [0.1, 0.15) is 63.9 Å². The number of hydrogen-bond acceptors (Lipinski definition) is 6. The molecule has 2 aromatic rings. The Bertz CT molecular complexity index is 1080. The van der Waals surface area contributed by atoms with E-state index in [4.69, 9.17) is 0 Å². The summed E-state index contributed by atoms with van der Waals surface area (Å²) in [5.41, 5.74) is -0.116. The summed E-state index contributed by atoms with van der Waals surface area (Å²) in [5, 5.41) is 20.2. The van der Waals surface area contributed by atoms with E-state index in [1.54, 1.807) is 6.20 Å². The highest BCUT2D eigenvalue weighted by Gasteiger charge is 2.47. The molecule has 2 atom stereocenters. The molecule has 0 unspecified atom stereocenters. The van der Waals surface area contributed by atoms with Gasteiger partial charge in [-0.3, -0.25) is 9.69 Å². The molecular formula is C26H33F2N3O3S. The third kappa shape index (κ3) is 6.56. The molecule has 0 spiro atoms. The Labute approximate surface area is 209 Å². The van der Waals surface area contributed by atoms with Crippen molar-refractivity contribution in [3.05, 3.63) is 35.0 Å². The molecule has 35 heavy (non-hydrogen) atoms. The summed E-state index contributed by atoms with van der Waals surface area (Å²) in [6, 6.07) is 6.35. The van der Waals surface area contributed by atoms with E-state index in [1.165, 1.54) is 29.5 Å². The minimum atomic E-state index is -2.98. The number of unbranched alkanes of at least 4 members (excludes halogenated alkanes) is 1. The Morgan fingerprint density at radius 3 is 2.77 bits per heavy atom. The Hall–Kier alpha value is -2.57. The number of aliphatic carboxylic acids is 1. The molecule has 0 saturated carbocycles. The van der Waals surface area contributed by atoms with E-state index >= 15 is 0 Å². The first-order valence-corrected chi connectivity index (χ1v) is 12.7. The molecule has 190 valence electrons. The van der Waals surface area contributed by atoms with Crippen LogP contribution in [0, 0.1) is 28.1 Å². The number of nitriles is 1. The molecule has 0 amide bonds. The summed E-state index contributed by atoms with van der Waals surface area (Å²) in [4.78, 5) is 19.8. The molecule has 0 radical (unpaired) electrons. The molecule has 1 N–H and O–H groups in total. The van der Waals surface area contributed by atoms with E-state index < -0.39 is 18.0 Å². The normalized spacial score (nSPS) is 21.1. The van der Waals surface area contributed by atoms with Crippen LogP contribution in [0.25, 0.3) is 10.4 Å². The SMILES string of the molecule is CCCC[C@@]1(C(=O)O)C[C@@H](C(C)(C)C)CN(Cc2ncc(-c3cc(C#N)ccc3OC(F)F)s2)C1. The molecule has 6 nitrogen and oxygen atoms in total. The fourth-order valence-electron chi connectivity index (χ4n) is 4.75. The minimum absolute atomic E-state index is 0.00979. The predicted octanol–water partition coefficient (Wildman–Crippen LogP) is 6.41. The predicted molar refractivity (Wildman–Crippen MR) is 131 cm³/mol. The molecule has 1 fully saturated rings. The van der Waals surface area contributed by atoms with Gasteiger partial charge in [0.25, 0.3) is 0 Å². The third-order valence-electron chi connectivity index (χ3n) is 6.83. The van der Waals surface area contributed by atoms with Gasteiger partial charge in [-0.05, 0) is 42.4 Å². The molecule has 1 aromatic carbocycles. The molecule has 1 aliphatic heterocycles. The molecule has 0 aliphatic carbocycles. The van der Waals surface area contributed by atoms with Crippen LogP contribution in [-0.4, -0.2) is 40.7 Å². The summed E-state index contributed by atoms with van der Waals surface area (Å²) in [5.74, 6) is -0.543. The van der Waals surface area contributed by atoms with E-state index in [-0.39, 0.29) is 17.1 Å². The first-order chi connectivity index (χ1) is 16.5. The van der Waals surface area contributed by atoms with Crippen LogP contribution in [0.5, 0.6) is 5.75 Å². The molecule has 3 rings (SSSR count). The van der Waals surface area contributed by atoms with Gasteiger partial charge in [-0.25, -0.2) is 4.98 Å². The average Bonchev–Trinajstić information content (AvgIpc) is 3.25. The molecule has 1 aromatic heterocycles. The highest BCUT2D eigenvalue weighted by atomic mass is 32.1. The fourth-order valence-corrected chi connectivity index (χ4v) is 5.73. The van der Waals surface area contributed by atoms with Crippen molar-refractivity contribution in [3.63, 3.8) is 0 Å². The van der Waals surface area contributed by atoms with Crippen molar-refractivity contribution < 1.29 is 23.4 Å². The lowest BCUT2D eigenvalue weighted by Crippen LogP contribution is -2.53. The second-order valence-corrected chi connectivity index (χ2v) is 11.6. The van der Waals surface area contributed by atoms with Crippen molar-refractivity contribution in [1.82, 2.24) is 9.88 Å². The maximum Gasteiger partial charge on any atom is 0.387 e. The van der Waals surface area contributed by atoms with Gasteiger partial charge in [0.1, 0.15) is 10.8 Å². The van der Waals surface area contributed by atoms with E-state index in [0.717, 1.165) is 24.4 Å². The highest BCUT2D eigenvalue weighted by Crippen LogP contribution is 2.45. The van der Waals surface area contributed by atoms with Crippen molar-refractivity contribution in [2.24, 2.45) is 16.7 Å². The average molecular weight is 506 g/mol.